The number of nitro groups is 1. The van der Waals surface area contributed by atoms with Crippen LogP contribution in [0.5, 0.6) is 0 Å². The Kier molecular flexibility index (Phi) is 4.56. The summed E-state index contributed by atoms with van der Waals surface area (Å²) in [4.78, 5) is 27.7. The van der Waals surface area contributed by atoms with Crippen LogP contribution in [0.3, 0.4) is 0 Å². The lowest BCUT2D eigenvalue weighted by atomic mass is 10.0. The van der Waals surface area contributed by atoms with Gasteiger partial charge in [0.1, 0.15) is 0 Å². The molecule has 1 amide bonds. The van der Waals surface area contributed by atoms with Crippen LogP contribution in [0.4, 0.5) is 5.69 Å². The minimum absolute atomic E-state index is 0.0568. The van der Waals surface area contributed by atoms with Gasteiger partial charge in [0.2, 0.25) is 0 Å². The first-order chi connectivity index (χ1) is 14.6. The molecule has 0 saturated carbocycles. The number of carbonyl (C=O) groups is 1. The number of hydrogen-bond donors (Lipinski definition) is 0. The number of non-ortho nitro benzene ring substituents is 1. The van der Waals surface area contributed by atoms with Crippen LogP contribution in [0.25, 0.3) is 11.1 Å². The Hall–Kier alpha value is -3.51. The number of fused-ring (bicyclic) bond motifs is 3. The first-order valence-corrected chi connectivity index (χ1v) is 10.1. The number of piperazine rings is 1. The van der Waals surface area contributed by atoms with Gasteiger partial charge in [0.05, 0.1) is 11.0 Å². The molecule has 1 aliphatic carbocycles. The summed E-state index contributed by atoms with van der Waals surface area (Å²) in [5.41, 5.74) is 5.52. The minimum atomic E-state index is -0.469. The summed E-state index contributed by atoms with van der Waals surface area (Å²) in [6.07, 6.45) is 0. The number of nitrogens with zero attached hydrogens (tertiary/aromatic N) is 3. The van der Waals surface area contributed by atoms with Crippen LogP contribution in [0.2, 0.25) is 0 Å². The Morgan fingerprint density at radius 2 is 1.43 bits per heavy atom. The highest BCUT2D eigenvalue weighted by Gasteiger charge is 2.35. The molecule has 1 aliphatic heterocycles. The summed E-state index contributed by atoms with van der Waals surface area (Å²) in [5.74, 6) is -0.148. The maximum atomic E-state index is 12.9. The van der Waals surface area contributed by atoms with Gasteiger partial charge in [-0.1, -0.05) is 54.6 Å². The van der Waals surface area contributed by atoms with Gasteiger partial charge in [-0.25, -0.2) is 0 Å². The van der Waals surface area contributed by atoms with Crippen molar-refractivity contribution in [1.82, 2.24) is 9.80 Å². The van der Waals surface area contributed by atoms with E-state index >= 15 is 0 Å². The summed E-state index contributed by atoms with van der Waals surface area (Å²) in [6.45, 7) is 2.72. The first-order valence-electron chi connectivity index (χ1n) is 10.1. The lowest BCUT2D eigenvalue weighted by Gasteiger charge is -2.38. The van der Waals surface area contributed by atoms with E-state index < -0.39 is 4.92 Å². The van der Waals surface area contributed by atoms with E-state index in [0.717, 1.165) is 13.1 Å². The van der Waals surface area contributed by atoms with E-state index in [0.29, 0.717) is 18.7 Å². The Balaban J connectivity index is 1.35. The van der Waals surface area contributed by atoms with Gasteiger partial charge in [-0.05, 0) is 28.3 Å². The van der Waals surface area contributed by atoms with Gasteiger partial charge in [-0.2, -0.15) is 0 Å². The molecule has 30 heavy (non-hydrogen) atoms. The lowest BCUT2D eigenvalue weighted by Crippen LogP contribution is -2.49. The van der Waals surface area contributed by atoms with Crippen molar-refractivity contribution in [1.29, 1.82) is 0 Å². The highest BCUT2D eigenvalue weighted by molar-refractivity contribution is 5.95. The van der Waals surface area contributed by atoms with Crippen molar-refractivity contribution in [2.24, 2.45) is 0 Å². The summed E-state index contributed by atoms with van der Waals surface area (Å²) < 4.78 is 0. The maximum Gasteiger partial charge on any atom is 0.270 e. The largest absolute Gasteiger partial charge is 0.336 e. The Morgan fingerprint density at radius 1 is 0.833 bits per heavy atom. The first kappa shape index (κ1) is 18.5. The van der Waals surface area contributed by atoms with Gasteiger partial charge in [0, 0.05) is 43.9 Å². The molecule has 0 atom stereocenters. The molecule has 3 aromatic rings. The minimum Gasteiger partial charge on any atom is -0.336 e. The molecule has 0 bridgehead atoms. The third-order valence-corrected chi connectivity index (χ3v) is 6.07. The highest BCUT2D eigenvalue weighted by Crippen LogP contribution is 2.46. The van der Waals surface area contributed by atoms with Crippen LogP contribution in [-0.2, 0) is 0 Å². The zero-order valence-corrected chi connectivity index (χ0v) is 16.4. The molecule has 6 heteroatoms. The third-order valence-electron chi connectivity index (χ3n) is 6.07. The number of amides is 1. The van der Waals surface area contributed by atoms with E-state index in [2.05, 4.69) is 53.4 Å². The summed E-state index contributed by atoms with van der Waals surface area (Å²) in [7, 11) is 0. The fourth-order valence-electron chi connectivity index (χ4n) is 4.64. The number of hydrogen-bond acceptors (Lipinski definition) is 4. The third kappa shape index (κ3) is 3.06. The predicted octanol–water partition coefficient (Wildman–Crippen LogP) is 4.12. The van der Waals surface area contributed by atoms with E-state index in [1.165, 1.54) is 34.4 Å². The quantitative estimate of drug-likeness (QED) is 0.491. The summed E-state index contributed by atoms with van der Waals surface area (Å²) in [6, 6.07) is 23.2. The molecule has 0 unspecified atom stereocenters. The molecular weight excluding hydrogens is 378 g/mol. The molecule has 150 valence electrons. The fraction of sp³-hybridized carbons (Fsp3) is 0.208. The van der Waals surface area contributed by atoms with E-state index in [1.807, 2.05) is 0 Å². The van der Waals surface area contributed by atoms with Gasteiger partial charge < -0.3 is 4.90 Å². The molecule has 5 rings (SSSR count). The molecular formula is C24H21N3O3. The topological polar surface area (TPSA) is 66.7 Å². The molecule has 6 nitrogen and oxygen atoms in total. The molecule has 1 heterocycles. The molecule has 3 aromatic carbocycles. The van der Waals surface area contributed by atoms with Crippen molar-refractivity contribution >= 4 is 11.6 Å². The Morgan fingerprint density at radius 3 is 2.03 bits per heavy atom. The monoisotopic (exact) mass is 399 g/mol. The Bertz CT molecular complexity index is 1090. The molecule has 0 N–H and O–H groups in total. The average molecular weight is 399 g/mol. The smallest absolute Gasteiger partial charge is 0.270 e. The van der Waals surface area contributed by atoms with E-state index in [1.54, 1.807) is 17.0 Å². The molecule has 0 spiro atoms. The average Bonchev–Trinajstić information content (AvgIpc) is 3.13. The second kappa shape index (κ2) is 7.39. The number of carbonyl (C=O) groups excluding carboxylic acids is 1. The molecule has 2 aliphatic rings. The second-order valence-corrected chi connectivity index (χ2v) is 7.71. The van der Waals surface area contributed by atoms with Crippen LogP contribution in [0.15, 0.2) is 72.8 Å². The van der Waals surface area contributed by atoms with Crippen molar-refractivity contribution in [3.8, 4) is 11.1 Å². The summed E-state index contributed by atoms with van der Waals surface area (Å²) >= 11 is 0. The van der Waals surface area contributed by atoms with E-state index in [-0.39, 0.29) is 17.6 Å². The van der Waals surface area contributed by atoms with Crippen molar-refractivity contribution in [3.05, 3.63) is 99.6 Å². The van der Waals surface area contributed by atoms with E-state index in [4.69, 9.17) is 0 Å². The van der Waals surface area contributed by atoms with Gasteiger partial charge in [0.25, 0.3) is 11.6 Å². The number of benzene rings is 3. The van der Waals surface area contributed by atoms with Gasteiger partial charge in [-0.3, -0.25) is 19.8 Å². The van der Waals surface area contributed by atoms with Crippen molar-refractivity contribution in [3.63, 3.8) is 0 Å². The number of nitro benzene ring substituents is 1. The normalized spacial score (nSPS) is 16.2. The molecule has 1 saturated heterocycles. The molecule has 0 radical (unpaired) electrons. The van der Waals surface area contributed by atoms with Crippen LogP contribution in [-0.4, -0.2) is 46.8 Å². The second-order valence-electron chi connectivity index (χ2n) is 7.71. The van der Waals surface area contributed by atoms with Gasteiger partial charge >= 0.3 is 0 Å². The molecule has 0 aromatic heterocycles. The van der Waals surface area contributed by atoms with Crippen LogP contribution < -0.4 is 0 Å². The van der Waals surface area contributed by atoms with Gasteiger partial charge in [0.15, 0.2) is 0 Å². The van der Waals surface area contributed by atoms with Crippen molar-refractivity contribution in [2.45, 2.75) is 6.04 Å². The Labute approximate surface area is 174 Å². The zero-order chi connectivity index (χ0) is 20.7. The van der Waals surface area contributed by atoms with Crippen molar-refractivity contribution < 1.29 is 9.72 Å². The SMILES string of the molecule is O=C(c1cccc([N+](=O)[O-])c1)N1CCN(C2c3ccccc3-c3ccccc32)CC1. The zero-order valence-electron chi connectivity index (χ0n) is 16.4. The number of rotatable bonds is 3. The standard InChI is InChI=1S/C24H21N3O3/c28-24(17-6-5-7-18(16-17)27(29)30)26-14-12-25(13-15-26)23-21-10-3-1-8-19(21)20-9-2-4-11-22(20)23/h1-11,16,23H,12-15H2. The predicted molar refractivity (Wildman–Crippen MR) is 114 cm³/mol. The summed E-state index contributed by atoms with van der Waals surface area (Å²) in [5, 5.41) is 11.0. The van der Waals surface area contributed by atoms with Crippen LogP contribution in [0, 0.1) is 10.1 Å². The lowest BCUT2D eigenvalue weighted by molar-refractivity contribution is -0.384. The maximum absolute atomic E-state index is 12.9. The fourth-order valence-corrected chi connectivity index (χ4v) is 4.64. The van der Waals surface area contributed by atoms with Crippen LogP contribution >= 0.6 is 0 Å². The van der Waals surface area contributed by atoms with Gasteiger partial charge in [-0.15, -0.1) is 0 Å². The van der Waals surface area contributed by atoms with E-state index in [9.17, 15) is 14.9 Å². The molecule has 1 fully saturated rings. The van der Waals surface area contributed by atoms with Crippen molar-refractivity contribution in [2.75, 3.05) is 26.2 Å². The van der Waals surface area contributed by atoms with Crippen LogP contribution in [0.1, 0.15) is 27.5 Å². The highest BCUT2D eigenvalue weighted by atomic mass is 16.6.